The van der Waals surface area contributed by atoms with Crippen molar-refractivity contribution in [2.45, 2.75) is 18.6 Å². The van der Waals surface area contributed by atoms with E-state index in [1.54, 1.807) is 0 Å². The summed E-state index contributed by atoms with van der Waals surface area (Å²) in [6.45, 7) is 0. The second-order valence-corrected chi connectivity index (χ2v) is 4.50. The minimum absolute atomic E-state index is 0.0418. The molecule has 0 saturated carbocycles. The molecule has 0 N–H and O–H groups in total. The van der Waals surface area contributed by atoms with Crippen LogP contribution >= 0.6 is 0 Å². The lowest BCUT2D eigenvalue weighted by Crippen LogP contribution is -2.03. The van der Waals surface area contributed by atoms with Crippen molar-refractivity contribution in [3.05, 3.63) is 71.8 Å². The van der Waals surface area contributed by atoms with E-state index in [1.807, 2.05) is 60.7 Å². The average Bonchev–Trinajstić information content (AvgIpc) is 3.20. The second-order valence-electron chi connectivity index (χ2n) is 4.50. The fourth-order valence-electron chi connectivity index (χ4n) is 2.16. The number of epoxide rings is 1. The molecule has 0 spiro atoms. The molecule has 2 nitrogen and oxygen atoms in total. The van der Waals surface area contributed by atoms with Crippen molar-refractivity contribution in [3.63, 3.8) is 0 Å². The van der Waals surface area contributed by atoms with Crippen LogP contribution in [0.15, 0.2) is 60.7 Å². The van der Waals surface area contributed by atoms with Crippen LogP contribution < -0.4 is 0 Å². The molecule has 1 aliphatic heterocycles. The van der Waals surface area contributed by atoms with Gasteiger partial charge in [0.1, 0.15) is 6.10 Å². The van der Waals surface area contributed by atoms with Crippen LogP contribution in [-0.2, 0) is 4.74 Å². The van der Waals surface area contributed by atoms with Crippen molar-refractivity contribution in [2.75, 3.05) is 0 Å². The lowest BCUT2D eigenvalue weighted by molar-refractivity contribution is 0.0972. The molecule has 3 rings (SSSR count). The summed E-state index contributed by atoms with van der Waals surface area (Å²) in [5.41, 5.74) is 1.92. The number of carbonyl (C=O) groups excluding carboxylic acids is 1. The van der Waals surface area contributed by atoms with E-state index in [0.29, 0.717) is 6.42 Å². The summed E-state index contributed by atoms with van der Waals surface area (Å²) in [6.07, 6.45) is 0.600. The molecular weight excluding hydrogens is 224 g/mol. The van der Waals surface area contributed by atoms with Gasteiger partial charge in [0, 0.05) is 12.0 Å². The molecule has 1 saturated heterocycles. The van der Waals surface area contributed by atoms with E-state index in [9.17, 15) is 4.79 Å². The Morgan fingerprint density at radius 2 is 1.56 bits per heavy atom. The Kier molecular flexibility index (Phi) is 2.95. The predicted molar refractivity (Wildman–Crippen MR) is 69.4 cm³/mol. The smallest absolute Gasteiger partial charge is 0.165 e. The van der Waals surface area contributed by atoms with E-state index >= 15 is 0 Å². The van der Waals surface area contributed by atoms with Crippen molar-refractivity contribution in [1.29, 1.82) is 0 Å². The van der Waals surface area contributed by atoms with Gasteiger partial charge < -0.3 is 4.74 Å². The Labute approximate surface area is 106 Å². The van der Waals surface area contributed by atoms with Crippen LogP contribution in [0.1, 0.15) is 28.4 Å². The van der Waals surface area contributed by atoms with Gasteiger partial charge in [-0.25, -0.2) is 0 Å². The molecule has 0 bridgehead atoms. The number of ketones is 1. The van der Waals surface area contributed by atoms with Gasteiger partial charge in [-0.05, 0) is 5.56 Å². The monoisotopic (exact) mass is 238 g/mol. The van der Waals surface area contributed by atoms with Crippen LogP contribution in [0.4, 0.5) is 0 Å². The van der Waals surface area contributed by atoms with Gasteiger partial charge in [-0.3, -0.25) is 4.79 Å². The molecule has 90 valence electrons. The van der Waals surface area contributed by atoms with Gasteiger partial charge in [-0.15, -0.1) is 0 Å². The number of carbonyl (C=O) groups is 1. The topological polar surface area (TPSA) is 29.6 Å². The van der Waals surface area contributed by atoms with E-state index in [2.05, 4.69) is 0 Å². The normalized spacial score (nSPS) is 21.6. The molecule has 1 fully saturated rings. The highest BCUT2D eigenvalue weighted by Gasteiger charge is 2.41. The first-order valence-electron chi connectivity index (χ1n) is 6.13. The molecule has 2 aromatic carbocycles. The first kappa shape index (κ1) is 11.2. The molecule has 1 aliphatic rings. The van der Waals surface area contributed by atoms with Crippen LogP contribution in [0.2, 0.25) is 0 Å². The average molecular weight is 238 g/mol. The van der Waals surface area contributed by atoms with Crippen molar-refractivity contribution in [1.82, 2.24) is 0 Å². The van der Waals surface area contributed by atoms with E-state index in [0.717, 1.165) is 11.1 Å². The number of rotatable bonds is 4. The van der Waals surface area contributed by atoms with E-state index < -0.39 is 0 Å². The maximum atomic E-state index is 12.0. The van der Waals surface area contributed by atoms with E-state index in [4.69, 9.17) is 4.74 Å². The van der Waals surface area contributed by atoms with Crippen LogP contribution in [0.3, 0.4) is 0 Å². The van der Waals surface area contributed by atoms with Gasteiger partial charge >= 0.3 is 0 Å². The number of hydrogen-bond donors (Lipinski definition) is 0. The Morgan fingerprint density at radius 1 is 0.944 bits per heavy atom. The number of benzene rings is 2. The van der Waals surface area contributed by atoms with E-state index in [1.165, 1.54) is 0 Å². The molecule has 0 amide bonds. The lowest BCUT2D eigenvalue weighted by Gasteiger charge is -1.98. The molecule has 2 aromatic rings. The molecule has 0 aliphatic carbocycles. The maximum Gasteiger partial charge on any atom is 0.165 e. The highest BCUT2D eigenvalue weighted by molar-refractivity contribution is 5.96. The van der Waals surface area contributed by atoms with Crippen LogP contribution in [-0.4, -0.2) is 11.9 Å². The Hall–Kier alpha value is -1.93. The minimum Gasteiger partial charge on any atom is -0.364 e. The number of ether oxygens (including phenoxy) is 1. The lowest BCUT2D eigenvalue weighted by atomic mass is 10.0. The Morgan fingerprint density at radius 3 is 2.22 bits per heavy atom. The quantitative estimate of drug-likeness (QED) is 0.603. The number of hydrogen-bond acceptors (Lipinski definition) is 2. The summed E-state index contributed by atoms with van der Waals surface area (Å²) < 4.78 is 5.57. The van der Waals surface area contributed by atoms with Gasteiger partial charge in [-0.2, -0.15) is 0 Å². The zero-order chi connectivity index (χ0) is 12.4. The van der Waals surface area contributed by atoms with Crippen LogP contribution in [0, 0.1) is 0 Å². The standard InChI is InChI=1S/C16H14O2/c17-14(12-7-3-1-4-8-12)11-15-16(18-15)13-9-5-2-6-10-13/h1-10,15-16H,11H2. The highest BCUT2D eigenvalue weighted by atomic mass is 16.6. The Bertz CT molecular complexity index is 534. The molecule has 2 unspecified atom stereocenters. The van der Waals surface area contributed by atoms with E-state index in [-0.39, 0.29) is 18.0 Å². The third-order valence-electron chi connectivity index (χ3n) is 3.19. The summed E-state index contributed by atoms with van der Waals surface area (Å²) in [4.78, 5) is 12.0. The first-order chi connectivity index (χ1) is 8.84. The second kappa shape index (κ2) is 4.75. The van der Waals surface area contributed by atoms with Crippen molar-refractivity contribution < 1.29 is 9.53 Å². The molecule has 2 heteroatoms. The maximum absolute atomic E-state index is 12.0. The zero-order valence-electron chi connectivity index (χ0n) is 9.95. The van der Waals surface area contributed by atoms with Crippen LogP contribution in [0.5, 0.6) is 0 Å². The SMILES string of the molecule is O=C(CC1OC1c1ccccc1)c1ccccc1. The highest BCUT2D eigenvalue weighted by Crippen LogP contribution is 2.41. The fraction of sp³-hybridized carbons (Fsp3) is 0.188. The summed E-state index contributed by atoms with van der Waals surface area (Å²) in [7, 11) is 0. The minimum atomic E-state index is 0.0418. The van der Waals surface area contributed by atoms with Crippen LogP contribution in [0.25, 0.3) is 0 Å². The molecule has 18 heavy (non-hydrogen) atoms. The molecular formula is C16H14O2. The van der Waals surface area contributed by atoms with Gasteiger partial charge in [0.25, 0.3) is 0 Å². The van der Waals surface area contributed by atoms with Gasteiger partial charge in [0.05, 0.1) is 6.10 Å². The molecule has 0 aromatic heterocycles. The van der Waals surface area contributed by atoms with Gasteiger partial charge in [0.2, 0.25) is 0 Å². The van der Waals surface area contributed by atoms with Crippen molar-refractivity contribution in [2.24, 2.45) is 0 Å². The third kappa shape index (κ3) is 2.34. The van der Waals surface area contributed by atoms with Gasteiger partial charge in [0.15, 0.2) is 5.78 Å². The summed E-state index contributed by atoms with van der Waals surface area (Å²) in [5, 5.41) is 0. The molecule has 2 atom stereocenters. The number of Topliss-reactive ketones (excluding diaryl/α,β-unsaturated/α-hetero) is 1. The largest absolute Gasteiger partial charge is 0.364 e. The third-order valence-corrected chi connectivity index (χ3v) is 3.19. The molecule has 1 heterocycles. The predicted octanol–water partition coefficient (Wildman–Crippen LogP) is 3.40. The summed E-state index contributed by atoms with van der Waals surface area (Å²) in [6, 6.07) is 19.4. The van der Waals surface area contributed by atoms with Crippen molar-refractivity contribution in [3.8, 4) is 0 Å². The zero-order valence-corrected chi connectivity index (χ0v) is 9.95. The summed E-state index contributed by atoms with van der Waals surface area (Å²) >= 11 is 0. The Balaban J connectivity index is 1.62. The van der Waals surface area contributed by atoms with Crippen molar-refractivity contribution >= 4 is 5.78 Å². The molecule has 0 radical (unpaired) electrons. The first-order valence-corrected chi connectivity index (χ1v) is 6.13. The fourth-order valence-corrected chi connectivity index (χ4v) is 2.16. The summed E-state index contributed by atoms with van der Waals surface area (Å²) in [5.74, 6) is 0.152. The van der Waals surface area contributed by atoms with Gasteiger partial charge in [-0.1, -0.05) is 60.7 Å².